The van der Waals surface area contributed by atoms with Crippen LogP contribution < -0.4 is 5.32 Å². The van der Waals surface area contributed by atoms with Gasteiger partial charge in [0.25, 0.3) is 0 Å². The highest BCUT2D eigenvalue weighted by atomic mass is 32.2. The molecule has 70 valence electrons. The monoisotopic (exact) mass is 197 g/mol. The Labute approximate surface area is 79.4 Å². The third kappa shape index (κ3) is 1.65. The molecule has 3 nitrogen and oxygen atoms in total. The van der Waals surface area contributed by atoms with E-state index in [4.69, 9.17) is 4.55 Å². The number of fused-ring (bicyclic) bond motifs is 1. The molecule has 1 aromatic rings. The van der Waals surface area contributed by atoms with Crippen molar-refractivity contribution in [1.29, 1.82) is 0 Å². The zero-order valence-corrected chi connectivity index (χ0v) is 7.88. The van der Waals surface area contributed by atoms with E-state index in [-0.39, 0.29) is 5.25 Å². The summed E-state index contributed by atoms with van der Waals surface area (Å²) in [5, 5.41) is 2.85. The lowest BCUT2D eigenvalue weighted by molar-refractivity contribution is 0.529. The molecule has 2 atom stereocenters. The molecule has 0 saturated heterocycles. The first-order valence-corrected chi connectivity index (χ1v) is 5.34. The van der Waals surface area contributed by atoms with Crippen LogP contribution in [-0.4, -0.2) is 15.3 Å². The summed E-state index contributed by atoms with van der Waals surface area (Å²) in [5.41, 5.74) is 2.13. The van der Waals surface area contributed by atoms with Gasteiger partial charge < -0.3 is 9.87 Å². The molecule has 0 fully saturated rings. The Bertz CT molecular complexity index is 340. The molecule has 0 saturated carbocycles. The van der Waals surface area contributed by atoms with E-state index in [0.717, 1.165) is 17.7 Å². The van der Waals surface area contributed by atoms with Crippen LogP contribution in [0.4, 0.5) is 0 Å². The SMILES string of the molecule is O=S(O)C1CNCc2ccccc21. The fraction of sp³-hybridized carbons (Fsp3) is 0.333. The number of hydrogen-bond donors (Lipinski definition) is 2. The highest BCUT2D eigenvalue weighted by Gasteiger charge is 2.23. The lowest BCUT2D eigenvalue weighted by Crippen LogP contribution is -2.30. The van der Waals surface area contributed by atoms with E-state index < -0.39 is 11.1 Å². The minimum Gasteiger partial charge on any atom is -0.311 e. The molecule has 0 radical (unpaired) electrons. The van der Waals surface area contributed by atoms with E-state index >= 15 is 0 Å². The summed E-state index contributed by atoms with van der Waals surface area (Å²) >= 11 is -1.78. The van der Waals surface area contributed by atoms with Crippen molar-refractivity contribution in [3.63, 3.8) is 0 Å². The smallest absolute Gasteiger partial charge is 0.161 e. The van der Waals surface area contributed by atoms with Gasteiger partial charge >= 0.3 is 0 Å². The molecule has 2 N–H and O–H groups in total. The lowest BCUT2D eigenvalue weighted by Gasteiger charge is -2.23. The lowest BCUT2D eigenvalue weighted by atomic mass is 10.0. The Hall–Kier alpha value is -0.710. The zero-order valence-electron chi connectivity index (χ0n) is 7.06. The summed E-state index contributed by atoms with van der Waals surface area (Å²) < 4.78 is 20.0. The number of nitrogens with one attached hydrogen (secondary N) is 1. The van der Waals surface area contributed by atoms with Crippen LogP contribution >= 0.6 is 0 Å². The highest BCUT2D eigenvalue weighted by Crippen LogP contribution is 2.25. The molecule has 13 heavy (non-hydrogen) atoms. The maximum atomic E-state index is 11.0. The summed E-state index contributed by atoms with van der Waals surface area (Å²) in [6.45, 7) is 1.38. The Morgan fingerprint density at radius 2 is 2.23 bits per heavy atom. The minimum absolute atomic E-state index is 0.273. The largest absolute Gasteiger partial charge is 0.311 e. The van der Waals surface area contributed by atoms with Crippen molar-refractivity contribution in [2.45, 2.75) is 11.8 Å². The summed E-state index contributed by atoms with van der Waals surface area (Å²) in [6, 6.07) is 7.77. The van der Waals surface area contributed by atoms with Gasteiger partial charge in [0.2, 0.25) is 0 Å². The molecule has 1 heterocycles. The van der Waals surface area contributed by atoms with E-state index in [1.165, 1.54) is 0 Å². The van der Waals surface area contributed by atoms with Crippen LogP contribution in [0.25, 0.3) is 0 Å². The van der Waals surface area contributed by atoms with Gasteiger partial charge in [-0.15, -0.1) is 0 Å². The van der Waals surface area contributed by atoms with Gasteiger partial charge in [-0.25, -0.2) is 4.21 Å². The number of benzene rings is 1. The Kier molecular flexibility index (Phi) is 2.44. The van der Waals surface area contributed by atoms with Gasteiger partial charge in [0.1, 0.15) is 0 Å². The second-order valence-corrected chi connectivity index (χ2v) is 4.22. The van der Waals surface area contributed by atoms with Crippen LogP contribution in [0.3, 0.4) is 0 Å². The molecular formula is C9H11NO2S. The topological polar surface area (TPSA) is 49.3 Å². The van der Waals surface area contributed by atoms with Gasteiger partial charge in [0.15, 0.2) is 11.1 Å². The molecule has 2 rings (SSSR count). The van der Waals surface area contributed by atoms with Crippen LogP contribution in [0.5, 0.6) is 0 Å². The molecule has 0 spiro atoms. The molecule has 0 bridgehead atoms. The molecule has 1 aliphatic heterocycles. The first-order valence-electron chi connectivity index (χ1n) is 4.17. The van der Waals surface area contributed by atoms with Gasteiger partial charge in [0.05, 0.1) is 5.25 Å². The van der Waals surface area contributed by atoms with Gasteiger partial charge in [0, 0.05) is 13.1 Å². The summed E-state index contributed by atoms with van der Waals surface area (Å²) in [4.78, 5) is 0. The summed E-state index contributed by atoms with van der Waals surface area (Å²) in [7, 11) is 0. The molecule has 2 unspecified atom stereocenters. The fourth-order valence-electron chi connectivity index (χ4n) is 1.64. The Balaban J connectivity index is 2.42. The van der Waals surface area contributed by atoms with Crippen LogP contribution in [0.15, 0.2) is 24.3 Å². The van der Waals surface area contributed by atoms with Crippen molar-refractivity contribution < 1.29 is 8.76 Å². The minimum atomic E-state index is -1.78. The normalized spacial score (nSPS) is 23.6. The molecule has 0 amide bonds. The van der Waals surface area contributed by atoms with Crippen LogP contribution in [-0.2, 0) is 17.6 Å². The van der Waals surface area contributed by atoms with Crippen molar-refractivity contribution >= 4 is 11.1 Å². The maximum Gasteiger partial charge on any atom is 0.161 e. The van der Waals surface area contributed by atoms with E-state index in [1.807, 2.05) is 24.3 Å². The van der Waals surface area contributed by atoms with Crippen LogP contribution in [0.1, 0.15) is 16.4 Å². The predicted molar refractivity (Wildman–Crippen MR) is 51.7 cm³/mol. The van der Waals surface area contributed by atoms with E-state index in [1.54, 1.807) is 0 Å². The molecule has 0 aliphatic carbocycles. The van der Waals surface area contributed by atoms with Gasteiger partial charge in [-0.1, -0.05) is 24.3 Å². The number of rotatable bonds is 1. The Morgan fingerprint density at radius 1 is 1.46 bits per heavy atom. The van der Waals surface area contributed by atoms with Gasteiger partial charge in [-0.2, -0.15) is 0 Å². The molecular weight excluding hydrogens is 186 g/mol. The van der Waals surface area contributed by atoms with E-state index in [0.29, 0.717) is 6.54 Å². The van der Waals surface area contributed by atoms with Crippen molar-refractivity contribution in [2.24, 2.45) is 0 Å². The second-order valence-electron chi connectivity index (χ2n) is 3.09. The molecule has 1 aromatic carbocycles. The standard InChI is InChI=1S/C9H11NO2S/c11-13(12)9-6-10-5-7-3-1-2-4-8(7)9/h1-4,9-10H,5-6H2,(H,11,12). The van der Waals surface area contributed by atoms with Crippen molar-refractivity contribution in [3.8, 4) is 0 Å². The third-order valence-corrected chi connectivity index (χ3v) is 3.20. The van der Waals surface area contributed by atoms with Gasteiger partial charge in [-0.3, -0.25) is 0 Å². The van der Waals surface area contributed by atoms with Crippen LogP contribution in [0, 0.1) is 0 Å². The van der Waals surface area contributed by atoms with Crippen molar-refractivity contribution in [2.75, 3.05) is 6.54 Å². The predicted octanol–water partition coefficient (Wildman–Crippen LogP) is 1.05. The van der Waals surface area contributed by atoms with Crippen molar-refractivity contribution in [3.05, 3.63) is 35.4 Å². The Morgan fingerprint density at radius 3 is 3.00 bits per heavy atom. The molecule has 1 aliphatic rings. The highest BCUT2D eigenvalue weighted by molar-refractivity contribution is 7.79. The van der Waals surface area contributed by atoms with E-state index in [9.17, 15) is 4.21 Å². The molecule has 4 heteroatoms. The fourth-order valence-corrected chi connectivity index (χ4v) is 2.34. The average Bonchev–Trinajstić information content (AvgIpc) is 2.17. The molecule has 0 aromatic heterocycles. The van der Waals surface area contributed by atoms with Crippen molar-refractivity contribution in [1.82, 2.24) is 5.32 Å². The maximum absolute atomic E-state index is 11.0. The quantitative estimate of drug-likeness (QED) is 0.662. The first-order chi connectivity index (χ1) is 6.29. The summed E-state index contributed by atoms with van der Waals surface area (Å²) in [6.07, 6.45) is 0. The van der Waals surface area contributed by atoms with E-state index in [2.05, 4.69) is 5.32 Å². The second kappa shape index (κ2) is 3.57. The van der Waals surface area contributed by atoms with Crippen LogP contribution in [0.2, 0.25) is 0 Å². The first kappa shape index (κ1) is 8.87. The van der Waals surface area contributed by atoms with Gasteiger partial charge in [-0.05, 0) is 11.1 Å². The zero-order chi connectivity index (χ0) is 9.26. The summed E-state index contributed by atoms with van der Waals surface area (Å²) in [5.74, 6) is 0. The third-order valence-electron chi connectivity index (χ3n) is 2.29. The number of hydrogen-bond acceptors (Lipinski definition) is 2. The average molecular weight is 197 g/mol.